The lowest BCUT2D eigenvalue weighted by molar-refractivity contribution is -0.118. The first-order valence-electron chi connectivity index (χ1n) is 10.0. The molecule has 0 spiro atoms. The van der Waals surface area contributed by atoms with Crippen LogP contribution in [0, 0.1) is 0 Å². The summed E-state index contributed by atoms with van der Waals surface area (Å²) in [7, 11) is 0. The van der Waals surface area contributed by atoms with Gasteiger partial charge in [0.05, 0.1) is 13.1 Å². The lowest BCUT2D eigenvalue weighted by atomic mass is 10.1. The van der Waals surface area contributed by atoms with Gasteiger partial charge < -0.3 is 4.90 Å². The van der Waals surface area contributed by atoms with Crippen LogP contribution in [0.1, 0.15) is 18.4 Å². The molecule has 30 heavy (non-hydrogen) atoms. The maximum Gasteiger partial charge on any atom is 0.227 e. The molecule has 1 heterocycles. The summed E-state index contributed by atoms with van der Waals surface area (Å²) in [5.74, 6) is 0.672. The highest BCUT2D eigenvalue weighted by Gasteiger charge is 2.16. The number of para-hydroxylation sites is 1. The maximum absolute atomic E-state index is 13.0. The van der Waals surface area contributed by atoms with Crippen LogP contribution in [0.5, 0.6) is 0 Å². The number of rotatable bonds is 8. The number of anilines is 1. The van der Waals surface area contributed by atoms with Crippen molar-refractivity contribution in [2.24, 2.45) is 0 Å². The van der Waals surface area contributed by atoms with E-state index >= 15 is 0 Å². The molecule has 0 aliphatic heterocycles. The standard InChI is InChI=1S/C24H23N5O/c30-23(17-10-18-29-26-24(25-27-29)21-13-6-2-7-14-21)28(22-15-8-3-9-16-22)19-20-11-4-1-5-12-20/h1-9,11-16H,10,17-19H2. The minimum atomic E-state index is 0.0773. The third-order valence-corrected chi connectivity index (χ3v) is 4.79. The van der Waals surface area contributed by atoms with Crippen LogP contribution in [0.15, 0.2) is 91.0 Å². The van der Waals surface area contributed by atoms with Gasteiger partial charge in [-0.2, -0.15) is 4.80 Å². The highest BCUT2D eigenvalue weighted by molar-refractivity contribution is 5.93. The molecule has 4 aromatic rings. The zero-order chi connectivity index (χ0) is 20.6. The first kappa shape index (κ1) is 19.5. The fraction of sp³-hybridized carbons (Fsp3) is 0.167. The molecule has 0 fully saturated rings. The third-order valence-electron chi connectivity index (χ3n) is 4.79. The van der Waals surface area contributed by atoms with Gasteiger partial charge in [-0.05, 0) is 29.3 Å². The summed E-state index contributed by atoms with van der Waals surface area (Å²) in [5.41, 5.74) is 2.93. The second-order valence-electron chi connectivity index (χ2n) is 6.98. The minimum absolute atomic E-state index is 0.0773. The molecule has 6 nitrogen and oxygen atoms in total. The molecule has 4 rings (SSSR count). The fourth-order valence-corrected chi connectivity index (χ4v) is 3.24. The lowest BCUT2D eigenvalue weighted by Gasteiger charge is -2.23. The normalized spacial score (nSPS) is 10.7. The van der Waals surface area contributed by atoms with E-state index in [1.54, 1.807) is 4.80 Å². The Kier molecular flexibility index (Phi) is 6.25. The number of hydrogen-bond donors (Lipinski definition) is 0. The fourth-order valence-electron chi connectivity index (χ4n) is 3.24. The summed E-state index contributed by atoms with van der Waals surface area (Å²) in [5, 5.41) is 12.6. The Labute approximate surface area is 175 Å². The van der Waals surface area contributed by atoms with Gasteiger partial charge in [-0.15, -0.1) is 10.2 Å². The van der Waals surface area contributed by atoms with Gasteiger partial charge in [0.25, 0.3) is 0 Å². The van der Waals surface area contributed by atoms with E-state index in [-0.39, 0.29) is 5.91 Å². The molecule has 1 aromatic heterocycles. The van der Waals surface area contributed by atoms with E-state index in [1.165, 1.54) is 0 Å². The molecule has 150 valence electrons. The molecule has 0 N–H and O–H groups in total. The summed E-state index contributed by atoms with van der Waals surface area (Å²) in [6, 6.07) is 29.6. The minimum Gasteiger partial charge on any atom is -0.308 e. The number of tetrazole rings is 1. The molecule has 3 aromatic carbocycles. The smallest absolute Gasteiger partial charge is 0.227 e. The zero-order valence-electron chi connectivity index (χ0n) is 16.6. The number of carbonyl (C=O) groups is 1. The van der Waals surface area contributed by atoms with Crippen LogP contribution in [0.2, 0.25) is 0 Å². The van der Waals surface area contributed by atoms with E-state index in [0.717, 1.165) is 16.8 Å². The Morgan fingerprint density at radius 1 is 0.833 bits per heavy atom. The largest absolute Gasteiger partial charge is 0.308 e. The topological polar surface area (TPSA) is 63.9 Å². The van der Waals surface area contributed by atoms with Crippen molar-refractivity contribution in [3.8, 4) is 11.4 Å². The second kappa shape index (κ2) is 9.60. The van der Waals surface area contributed by atoms with Gasteiger partial charge >= 0.3 is 0 Å². The van der Waals surface area contributed by atoms with Crippen molar-refractivity contribution < 1.29 is 4.79 Å². The average molecular weight is 397 g/mol. The molecule has 0 radical (unpaired) electrons. The molecule has 0 atom stereocenters. The quantitative estimate of drug-likeness (QED) is 0.443. The summed E-state index contributed by atoms with van der Waals surface area (Å²) in [6.07, 6.45) is 1.05. The number of amides is 1. The Bertz CT molecular complexity index is 1060. The number of aryl methyl sites for hydroxylation is 1. The monoisotopic (exact) mass is 397 g/mol. The summed E-state index contributed by atoms with van der Waals surface area (Å²) in [4.78, 5) is 16.4. The molecular formula is C24H23N5O. The second-order valence-corrected chi connectivity index (χ2v) is 6.98. The van der Waals surface area contributed by atoms with Gasteiger partial charge in [0, 0.05) is 17.7 Å². The average Bonchev–Trinajstić information content (AvgIpc) is 3.28. The summed E-state index contributed by atoms with van der Waals surface area (Å²) < 4.78 is 0. The highest BCUT2D eigenvalue weighted by atomic mass is 16.2. The van der Waals surface area contributed by atoms with E-state index in [1.807, 2.05) is 95.9 Å². The Hall–Kier alpha value is -3.80. The zero-order valence-corrected chi connectivity index (χ0v) is 16.6. The number of carbonyl (C=O) groups excluding carboxylic acids is 1. The molecule has 0 unspecified atom stereocenters. The van der Waals surface area contributed by atoms with Crippen molar-refractivity contribution in [1.82, 2.24) is 20.2 Å². The Morgan fingerprint density at radius 2 is 1.47 bits per heavy atom. The van der Waals surface area contributed by atoms with E-state index in [0.29, 0.717) is 31.8 Å². The third kappa shape index (κ3) is 4.97. The Morgan fingerprint density at radius 3 is 2.17 bits per heavy atom. The van der Waals surface area contributed by atoms with Crippen LogP contribution in [-0.2, 0) is 17.9 Å². The molecule has 0 saturated heterocycles. The number of benzene rings is 3. The van der Waals surface area contributed by atoms with Crippen molar-refractivity contribution >= 4 is 11.6 Å². The van der Waals surface area contributed by atoms with Crippen molar-refractivity contribution in [3.05, 3.63) is 96.6 Å². The van der Waals surface area contributed by atoms with Crippen LogP contribution in [-0.4, -0.2) is 26.1 Å². The Balaban J connectivity index is 1.39. The SMILES string of the molecule is O=C(CCCn1nnc(-c2ccccc2)n1)N(Cc1ccccc1)c1ccccc1. The van der Waals surface area contributed by atoms with E-state index < -0.39 is 0 Å². The van der Waals surface area contributed by atoms with E-state index in [2.05, 4.69) is 15.4 Å². The van der Waals surface area contributed by atoms with Gasteiger partial charge in [0.1, 0.15) is 0 Å². The summed E-state index contributed by atoms with van der Waals surface area (Å²) >= 11 is 0. The maximum atomic E-state index is 13.0. The van der Waals surface area contributed by atoms with E-state index in [9.17, 15) is 4.79 Å². The number of hydrogen-bond acceptors (Lipinski definition) is 4. The van der Waals surface area contributed by atoms with Gasteiger partial charge in [-0.3, -0.25) is 4.79 Å². The van der Waals surface area contributed by atoms with Crippen LogP contribution >= 0.6 is 0 Å². The van der Waals surface area contributed by atoms with Gasteiger partial charge in [-0.25, -0.2) is 0 Å². The predicted octanol–water partition coefficient (Wildman–Crippen LogP) is 4.35. The first-order valence-corrected chi connectivity index (χ1v) is 10.0. The van der Waals surface area contributed by atoms with Crippen molar-refractivity contribution in [1.29, 1.82) is 0 Å². The summed E-state index contributed by atoms with van der Waals surface area (Å²) in [6.45, 7) is 1.09. The van der Waals surface area contributed by atoms with Crippen LogP contribution in [0.25, 0.3) is 11.4 Å². The molecule has 1 amide bonds. The van der Waals surface area contributed by atoms with Crippen molar-refractivity contribution in [2.45, 2.75) is 25.9 Å². The molecule has 0 saturated carbocycles. The van der Waals surface area contributed by atoms with Crippen LogP contribution in [0.4, 0.5) is 5.69 Å². The van der Waals surface area contributed by atoms with Crippen molar-refractivity contribution in [2.75, 3.05) is 4.90 Å². The molecule has 0 aliphatic carbocycles. The van der Waals surface area contributed by atoms with Gasteiger partial charge in [-0.1, -0.05) is 78.9 Å². The number of aromatic nitrogens is 4. The molecule has 6 heteroatoms. The van der Waals surface area contributed by atoms with Gasteiger partial charge in [0.15, 0.2) is 0 Å². The van der Waals surface area contributed by atoms with E-state index in [4.69, 9.17) is 0 Å². The molecule has 0 bridgehead atoms. The molecular weight excluding hydrogens is 374 g/mol. The van der Waals surface area contributed by atoms with Crippen LogP contribution in [0.3, 0.4) is 0 Å². The van der Waals surface area contributed by atoms with Crippen molar-refractivity contribution in [3.63, 3.8) is 0 Å². The predicted molar refractivity (Wildman–Crippen MR) is 117 cm³/mol. The molecule has 0 aliphatic rings. The first-order chi connectivity index (χ1) is 14.8. The lowest BCUT2D eigenvalue weighted by Crippen LogP contribution is -2.30. The number of nitrogens with zero attached hydrogens (tertiary/aromatic N) is 5. The van der Waals surface area contributed by atoms with Gasteiger partial charge in [0.2, 0.25) is 11.7 Å². The van der Waals surface area contributed by atoms with Crippen LogP contribution < -0.4 is 4.90 Å². The highest BCUT2D eigenvalue weighted by Crippen LogP contribution is 2.19.